The molecule has 0 unspecified atom stereocenters. The number of nitrogens with zero attached hydrogens (tertiary/aromatic N) is 2. The van der Waals surface area contributed by atoms with Crippen LogP contribution in [0.4, 0.5) is 11.5 Å². The maximum atomic E-state index is 6.76. The predicted octanol–water partition coefficient (Wildman–Crippen LogP) is 1.96. The second-order valence-electron chi connectivity index (χ2n) is 2.36. The summed E-state index contributed by atoms with van der Waals surface area (Å²) in [5, 5.41) is 4.32. The summed E-state index contributed by atoms with van der Waals surface area (Å²) in [5.74, 6) is 0.363. The molecule has 0 aliphatic rings. The number of rotatable bonds is 0. The molecule has 0 radical (unpaired) electrons. The standard InChI is InChI=1S/C8H5N3O/c1-10-5-2-3-6-7(4-5)12-11-8(6)9/h2-4H,(H2,9,11). The van der Waals surface area contributed by atoms with E-state index in [1.807, 2.05) is 0 Å². The average molecular weight is 159 g/mol. The van der Waals surface area contributed by atoms with E-state index in [1.165, 1.54) is 0 Å². The Bertz CT molecular complexity index is 467. The van der Waals surface area contributed by atoms with Crippen molar-refractivity contribution in [2.75, 3.05) is 5.73 Å². The van der Waals surface area contributed by atoms with E-state index in [0.29, 0.717) is 17.1 Å². The quantitative estimate of drug-likeness (QED) is 0.598. The molecular formula is C8H5N3O. The van der Waals surface area contributed by atoms with Gasteiger partial charge in [-0.2, -0.15) is 0 Å². The second-order valence-corrected chi connectivity index (χ2v) is 2.36. The molecule has 1 aromatic carbocycles. The molecule has 58 valence electrons. The lowest BCUT2D eigenvalue weighted by Crippen LogP contribution is -1.82. The number of hydrogen-bond donors (Lipinski definition) is 1. The van der Waals surface area contributed by atoms with Gasteiger partial charge in [0.1, 0.15) is 0 Å². The smallest absolute Gasteiger partial charge is 0.191 e. The van der Waals surface area contributed by atoms with Gasteiger partial charge in [-0.25, -0.2) is 4.85 Å². The van der Waals surface area contributed by atoms with Crippen molar-refractivity contribution in [3.8, 4) is 0 Å². The Morgan fingerprint density at radius 1 is 1.50 bits per heavy atom. The minimum atomic E-state index is 0.363. The zero-order chi connectivity index (χ0) is 8.55. The first kappa shape index (κ1) is 6.68. The highest BCUT2D eigenvalue weighted by atomic mass is 16.5. The van der Waals surface area contributed by atoms with Crippen LogP contribution < -0.4 is 5.73 Å². The summed E-state index contributed by atoms with van der Waals surface area (Å²) in [4.78, 5) is 3.25. The molecule has 4 heteroatoms. The van der Waals surface area contributed by atoms with Gasteiger partial charge in [0.15, 0.2) is 17.1 Å². The van der Waals surface area contributed by atoms with Gasteiger partial charge in [-0.15, -0.1) is 0 Å². The van der Waals surface area contributed by atoms with Crippen LogP contribution in [0.15, 0.2) is 22.7 Å². The van der Waals surface area contributed by atoms with E-state index in [0.717, 1.165) is 5.39 Å². The third-order valence-electron chi connectivity index (χ3n) is 1.61. The Balaban J connectivity index is 2.80. The predicted molar refractivity (Wildman–Crippen MR) is 44.7 cm³/mol. The molecule has 1 aromatic heterocycles. The zero-order valence-electron chi connectivity index (χ0n) is 6.11. The first-order valence-corrected chi connectivity index (χ1v) is 3.33. The van der Waals surface area contributed by atoms with Gasteiger partial charge in [-0.3, -0.25) is 0 Å². The van der Waals surface area contributed by atoms with E-state index < -0.39 is 0 Å². The van der Waals surface area contributed by atoms with Gasteiger partial charge in [0.2, 0.25) is 0 Å². The molecule has 12 heavy (non-hydrogen) atoms. The van der Waals surface area contributed by atoms with E-state index in [2.05, 4.69) is 10.0 Å². The Hall–Kier alpha value is -2.02. The van der Waals surface area contributed by atoms with Gasteiger partial charge < -0.3 is 10.3 Å². The molecular weight excluding hydrogens is 154 g/mol. The molecule has 2 rings (SSSR count). The highest BCUT2D eigenvalue weighted by molar-refractivity contribution is 5.89. The molecule has 0 saturated heterocycles. The summed E-state index contributed by atoms with van der Waals surface area (Å²) in [6.45, 7) is 6.76. The van der Waals surface area contributed by atoms with Gasteiger partial charge in [-0.1, -0.05) is 17.3 Å². The minimum absolute atomic E-state index is 0.363. The Morgan fingerprint density at radius 3 is 3.08 bits per heavy atom. The molecule has 2 aromatic rings. The van der Waals surface area contributed by atoms with Crippen LogP contribution in [0.5, 0.6) is 0 Å². The van der Waals surface area contributed by atoms with Crippen LogP contribution in [0, 0.1) is 6.57 Å². The molecule has 0 aliphatic heterocycles. The van der Waals surface area contributed by atoms with Crippen molar-refractivity contribution in [2.24, 2.45) is 0 Å². The van der Waals surface area contributed by atoms with Crippen molar-refractivity contribution in [3.05, 3.63) is 29.6 Å². The molecule has 0 aliphatic carbocycles. The average Bonchev–Trinajstić information content (AvgIpc) is 2.47. The molecule has 0 saturated carbocycles. The van der Waals surface area contributed by atoms with Crippen LogP contribution in [-0.2, 0) is 0 Å². The Labute approximate surface area is 68.4 Å². The molecule has 0 atom stereocenters. The first-order valence-electron chi connectivity index (χ1n) is 3.33. The van der Waals surface area contributed by atoms with E-state index in [4.69, 9.17) is 16.8 Å². The van der Waals surface area contributed by atoms with Crippen LogP contribution in [-0.4, -0.2) is 5.16 Å². The van der Waals surface area contributed by atoms with Crippen LogP contribution in [0.25, 0.3) is 15.8 Å². The molecule has 0 fully saturated rings. The molecule has 1 heterocycles. The second kappa shape index (κ2) is 2.24. The first-order chi connectivity index (χ1) is 5.81. The van der Waals surface area contributed by atoms with Gasteiger partial charge in [0.25, 0.3) is 0 Å². The lowest BCUT2D eigenvalue weighted by Gasteiger charge is -1.87. The Kier molecular flexibility index (Phi) is 1.25. The number of aromatic nitrogens is 1. The van der Waals surface area contributed by atoms with E-state index >= 15 is 0 Å². The van der Waals surface area contributed by atoms with Gasteiger partial charge >= 0.3 is 0 Å². The third-order valence-corrected chi connectivity index (χ3v) is 1.61. The number of benzene rings is 1. The monoisotopic (exact) mass is 159 g/mol. The molecule has 2 N–H and O–H groups in total. The van der Waals surface area contributed by atoms with Gasteiger partial charge in [0.05, 0.1) is 12.0 Å². The maximum absolute atomic E-state index is 6.76. The van der Waals surface area contributed by atoms with Crippen molar-refractivity contribution in [1.82, 2.24) is 5.16 Å². The summed E-state index contributed by atoms with van der Waals surface area (Å²) in [7, 11) is 0. The normalized spacial score (nSPS) is 9.92. The van der Waals surface area contributed by atoms with Gasteiger partial charge in [-0.05, 0) is 6.07 Å². The number of anilines is 1. The third kappa shape index (κ3) is 0.805. The van der Waals surface area contributed by atoms with Crippen molar-refractivity contribution < 1.29 is 4.52 Å². The largest absolute Gasteiger partial charge is 0.380 e. The highest BCUT2D eigenvalue weighted by Gasteiger charge is 2.04. The van der Waals surface area contributed by atoms with E-state index in [1.54, 1.807) is 18.2 Å². The number of fused-ring (bicyclic) bond motifs is 1. The van der Waals surface area contributed by atoms with Crippen molar-refractivity contribution in [3.63, 3.8) is 0 Å². The van der Waals surface area contributed by atoms with Crippen molar-refractivity contribution in [2.45, 2.75) is 0 Å². The van der Waals surface area contributed by atoms with E-state index in [9.17, 15) is 0 Å². The maximum Gasteiger partial charge on any atom is 0.191 e. The van der Waals surface area contributed by atoms with E-state index in [-0.39, 0.29) is 0 Å². The summed E-state index contributed by atoms with van der Waals surface area (Å²) >= 11 is 0. The summed E-state index contributed by atoms with van der Waals surface area (Å²) in [5.41, 5.74) is 6.57. The summed E-state index contributed by atoms with van der Waals surface area (Å²) < 4.78 is 4.87. The molecule has 0 bridgehead atoms. The lowest BCUT2D eigenvalue weighted by molar-refractivity contribution is 0.460. The van der Waals surface area contributed by atoms with Crippen LogP contribution in [0.3, 0.4) is 0 Å². The van der Waals surface area contributed by atoms with Crippen molar-refractivity contribution >= 4 is 22.5 Å². The van der Waals surface area contributed by atoms with Crippen LogP contribution >= 0.6 is 0 Å². The van der Waals surface area contributed by atoms with Crippen molar-refractivity contribution in [1.29, 1.82) is 0 Å². The minimum Gasteiger partial charge on any atom is -0.380 e. The lowest BCUT2D eigenvalue weighted by atomic mass is 10.2. The molecule has 4 nitrogen and oxygen atoms in total. The topological polar surface area (TPSA) is 56.4 Å². The fraction of sp³-hybridized carbons (Fsp3) is 0. The van der Waals surface area contributed by atoms with Gasteiger partial charge in [0, 0.05) is 0 Å². The zero-order valence-corrected chi connectivity index (χ0v) is 6.11. The summed E-state index contributed by atoms with van der Waals surface area (Å²) in [6, 6.07) is 5.03. The molecule has 0 spiro atoms. The highest BCUT2D eigenvalue weighted by Crippen LogP contribution is 2.24. The molecule has 0 amide bonds. The SMILES string of the molecule is [C-]#[N+]c1ccc2c(N)noc2c1. The van der Waals surface area contributed by atoms with Crippen LogP contribution in [0.1, 0.15) is 0 Å². The fourth-order valence-electron chi connectivity index (χ4n) is 1.02. The Morgan fingerprint density at radius 2 is 2.33 bits per heavy atom. The fourth-order valence-corrected chi connectivity index (χ4v) is 1.02. The number of nitrogen functional groups attached to an aromatic ring is 1. The summed E-state index contributed by atoms with van der Waals surface area (Å²) in [6.07, 6.45) is 0. The van der Waals surface area contributed by atoms with Crippen LogP contribution in [0.2, 0.25) is 0 Å². The number of nitrogens with two attached hydrogens (primary N) is 1. The number of hydrogen-bond acceptors (Lipinski definition) is 3.